The van der Waals surface area contributed by atoms with E-state index in [9.17, 15) is 18.0 Å². The number of piperazine rings is 1. The number of amides is 2. The molecule has 1 aromatic rings. The number of benzene rings is 1. The zero-order valence-electron chi connectivity index (χ0n) is 15.9. The second kappa shape index (κ2) is 7.57. The van der Waals surface area contributed by atoms with Gasteiger partial charge < -0.3 is 4.90 Å². The Labute approximate surface area is 160 Å². The average molecular weight is 394 g/mol. The van der Waals surface area contributed by atoms with Gasteiger partial charge in [-0.25, -0.2) is 13.4 Å². The fourth-order valence-electron chi connectivity index (χ4n) is 3.34. The lowest BCUT2D eigenvalue weighted by Crippen LogP contribution is -2.53. The number of hydrogen-bond acceptors (Lipinski definition) is 5. The molecule has 27 heavy (non-hydrogen) atoms. The van der Waals surface area contributed by atoms with E-state index in [-0.39, 0.29) is 37.5 Å². The van der Waals surface area contributed by atoms with E-state index in [0.29, 0.717) is 24.4 Å². The van der Waals surface area contributed by atoms with Crippen molar-refractivity contribution in [2.45, 2.75) is 38.1 Å². The quantitative estimate of drug-likeness (QED) is 0.791. The molecule has 9 heteroatoms. The molecule has 8 nitrogen and oxygen atoms in total. The zero-order chi connectivity index (χ0) is 19.8. The van der Waals surface area contributed by atoms with Gasteiger partial charge in [0.1, 0.15) is 0 Å². The van der Waals surface area contributed by atoms with Crippen LogP contribution in [-0.4, -0.2) is 73.2 Å². The van der Waals surface area contributed by atoms with Crippen molar-refractivity contribution in [3.05, 3.63) is 29.3 Å². The smallest absolute Gasteiger partial charge is 0.243 e. The first-order valence-corrected chi connectivity index (χ1v) is 10.5. The Morgan fingerprint density at radius 1 is 1.15 bits per heavy atom. The van der Waals surface area contributed by atoms with E-state index in [2.05, 4.69) is 5.43 Å². The largest absolute Gasteiger partial charge is 0.339 e. The Balaban J connectivity index is 1.60. The van der Waals surface area contributed by atoms with Gasteiger partial charge in [0.05, 0.1) is 11.4 Å². The van der Waals surface area contributed by atoms with Gasteiger partial charge >= 0.3 is 0 Å². The summed E-state index contributed by atoms with van der Waals surface area (Å²) in [7, 11) is -3.56. The highest BCUT2D eigenvalue weighted by Crippen LogP contribution is 2.20. The van der Waals surface area contributed by atoms with Gasteiger partial charge in [0.2, 0.25) is 21.8 Å². The highest BCUT2D eigenvalue weighted by atomic mass is 32.2. The second-order valence-electron chi connectivity index (χ2n) is 7.25. The summed E-state index contributed by atoms with van der Waals surface area (Å²) >= 11 is 0. The van der Waals surface area contributed by atoms with Crippen molar-refractivity contribution in [1.82, 2.24) is 19.6 Å². The molecule has 2 saturated heterocycles. The monoisotopic (exact) mass is 394 g/mol. The third-order valence-electron chi connectivity index (χ3n) is 5.29. The molecule has 1 aromatic carbocycles. The third kappa shape index (κ3) is 4.15. The van der Waals surface area contributed by atoms with Gasteiger partial charge in [-0.1, -0.05) is 6.07 Å². The number of hydrazine groups is 1. The molecule has 1 N–H and O–H groups in total. The van der Waals surface area contributed by atoms with Gasteiger partial charge in [-0.3, -0.25) is 15.0 Å². The van der Waals surface area contributed by atoms with E-state index in [4.69, 9.17) is 0 Å². The van der Waals surface area contributed by atoms with Crippen LogP contribution in [0.1, 0.15) is 24.5 Å². The Morgan fingerprint density at radius 3 is 2.37 bits per heavy atom. The number of rotatable bonds is 4. The van der Waals surface area contributed by atoms with Crippen molar-refractivity contribution in [2.75, 3.05) is 32.7 Å². The van der Waals surface area contributed by atoms with Gasteiger partial charge in [-0.05, 0) is 44.0 Å². The first-order valence-electron chi connectivity index (χ1n) is 9.10. The fourth-order valence-corrected chi connectivity index (χ4v) is 4.84. The van der Waals surface area contributed by atoms with Gasteiger partial charge in [0.25, 0.3) is 0 Å². The van der Waals surface area contributed by atoms with Crippen molar-refractivity contribution in [2.24, 2.45) is 0 Å². The lowest BCUT2D eigenvalue weighted by Gasteiger charge is -2.35. The molecule has 0 aliphatic carbocycles. The molecule has 2 amide bonds. The minimum absolute atomic E-state index is 0.0205. The van der Waals surface area contributed by atoms with Crippen LogP contribution in [0.2, 0.25) is 0 Å². The van der Waals surface area contributed by atoms with Crippen molar-refractivity contribution < 1.29 is 18.0 Å². The number of aryl methyl sites for hydroxylation is 2. The van der Waals surface area contributed by atoms with Crippen molar-refractivity contribution in [1.29, 1.82) is 0 Å². The minimum Gasteiger partial charge on any atom is -0.339 e. The SMILES string of the molecule is Cc1ccc(S(=O)(=O)N2CCN(C(=O)CN3NC(=O)C[C@@H]3C)CC2)cc1C. The lowest BCUT2D eigenvalue weighted by atomic mass is 10.1. The predicted octanol–water partition coefficient (Wildman–Crippen LogP) is 0.262. The van der Waals surface area contributed by atoms with Crippen LogP contribution in [0.4, 0.5) is 0 Å². The fraction of sp³-hybridized carbons (Fsp3) is 0.556. The second-order valence-corrected chi connectivity index (χ2v) is 9.18. The molecule has 148 valence electrons. The Bertz CT molecular complexity index is 847. The summed E-state index contributed by atoms with van der Waals surface area (Å²) in [6.07, 6.45) is 0.384. The maximum Gasteiger partial charge on any atom is 0.243 e. The lowest BCUT2D eigenvalue weighted by molar-refractivity contribution is -0.134. The van der Waals surface area contributed by atoms with Crippen LogP contribution in [0.15, 0.2) is 23.1 Å². The van der Waals surface area contributed by atoms with Gasteiger partial charge in [0.15, 0.2) is 0 Å². The normalized spacial score (nSPS) is 22.1. The number of nitrogens with zero attached hydrogens (tertiary/aromatic N) is 3. The molecule has 2 aliphatic rings. The minimum atomic E-state index is -3.56. The molecule has 0 bridgehead atoms. The summed E-state index contributed by atoms with van der Waals surface area (Å²) in [4.78, 5) is 25.8. The molecule has 0 saturated carbocycles. The molecule has 3 rings (SSSR count). The summed E-state index contributed by atoms with van der Waals surface area (Å²) < 4.78 is 27.1. The Kier molecular flexibility index (Phi) is 5.55. The topological polar surface area (TPSA) is 90.0 Å². The standard InChI is InChI=1S/C18H26N4O4S/c1-13-4-5-16(10-14(13)2)27(25,26)21-8-6-20(7-9-21)18(24)12-22-15(3)11-17(23)19-22/h4-5,10,15H,6-9,11-12H2,1-3H3,(H,19,23)/t15-/m0/s1. The summed E-state index contributed by atoms with van der Waals surface area (Å²) in [6, 6.07) is 5.12. The van der Waals surface area contributed by atoms with Crippen LogP contribution in [-0.2, 0) is 19.6 Å². The number of sulfonamides is 1. The highest BCUT2D eigenvalue weighted by Gasteiger charge is 2.33. The van der Waals surface area contributed by atoms with Crippen LogP contribution >= 0.6 is 0 Å². The van der Waals surface area contributed by atoms with Crippen LogP contribution < -0.4 is 5.43 Å². The van der Waals surface area contributed by atoms with Crippen LogP contribution in [0, 0.1) is 13.8 Å². The first-order chi connectivity index (χ1) is 12.7. The molecule has 0 radical (unpaired) electrons. The van der Waals surface area contributed by atoms with E-state index < -0.39 is 10.0 Å². The van der Waals surface area contributed by atoms with Gasteiger partial charge in [-0.2, -0.15) is 4.31 Å². The third-order valence-corrected chi connectivity index (χ3v) is 7.19. The number of carbonyl (C=O) groups excluding carboxylic acids is 2. The van der Waals surface area contributed by atoms with E-state index in [1.165, 1.54) is 4.31 Å². The Morgan fingerprint density at radius 2 is 1.81 bits per heavy atom. The number of carbonyl (C=O) groups is 2. The van der Waals surface area contributed by atoms with Crippen LogP contribution in [0.25, 0.3) is 0 Å². The Hall–Kier alpha value is -1.97. The summed E-state index contributed by atoms with van der Waals surface area (Å²) in [6.45, 7) is 7.06. The maximum absolute atomic E-state index is 12.9. The van der Waals surface area contributed by atoms with E-state index >= 15 is 0 Å². The molecule has 0 spiro atoms. The summed E-state index contributed by atoms with van der Waals surface area (Å²) in [5.74, 6) is -0.188. The van der Waals surface area contributed by atoms with Crippen LogP contribution in [0.3, 0.4) is 0 Å². The molecular weight excluding hydrogens is 368 g/mol. The molecular formula is C18H26N4O4S. The summed E-state index contributed by atoms with van der Waals surface area (Å²) in [5.41, 5.74) is 4.66. The van der Waals surface area contributed by atoms with Gasteiger partial charge in [0, 0.05) is 38.6 Å². The summed E-state index contributed by atoms with van der Waals surface area (Å²) in [5, 5.41) is 1.64. The first kappa shape index (κ1) is 19.8. The highest BCUT2D eigenvalue weighted by molar-refractivity contribution is 7.89. The van der Waals surface area contributed by atoms with Crippen LogP contribution in [0.5, 0.6) is 0 Å². The van der Waals surface area contributed by atoms with Crippen molar-refractivity contribution in [3.63, 3.8) is 0 Å². The number of nitrogens with one attached hydrogen (secondary N) is 1. The van der Waals surface area contributed by atoms with Crippen molar-refractivity contribution in [3.8, 4) is 0 Å². The van der Waals surface area contributed by atoms with Gasteiger partial charge in [-0.15, -0.1) is 0 Å². The number of hydrogen-bond donors (Lipinski definition) is 1. The molecule has 2 fully saturated rings. The predicted molar refractivity (Wildman–Crippen MR) is 100 cm³/mol. The van der Waals surface area contributed by atoms with E-state index in [1.54, 1.807) is 22.0 Å². The average Bonchev–Trinajstić information content (AvgIpc) is 2.94. The molecule has 0 unspecified atom stereocenters. The van der Waals surface area contributed by atoms with Crippen molar-refractivity contribution >= 4 is 21.8 Å². The maximum atomic E-state index is 12.9. The molecule has 2 aliphatic heterocycles. The zero-order valence-corrected chi connectivity index (χ0v) is 16.8. The van der Waals surface area contributed by atoms with E-state index in [1.807, 2.05) is 26.8 Å². The van der Waals surface area contributed by atoms with E-state index in [0.717, 1.165) is 11.1 Å². The molecule has 0 aromatic heterocycles. The molecule has 1 atom stereocenters. The molecule has 2 heterocycles.